The lowest BCUT2D eigenvalue weighted by Crippen LogP contribution is -2.11. The van der Waals surface area contributed by atoms with Crippen LogP contribution in [0.4, 0.5) is 5.69 Å². The number of carbonyl (C=O) groups is 1. The lowest BCUT2D eigenvalue weighted by molar-refractivity contribution is -0.0980. The number of sulfonamides is 1. The number of aliphatic hydroxyl groups excluding tert-OH is 2. The second-order valence-electron chi connectivity index (χ2n) is 10.3. The number of hydrogen-bond donors (Lipinski definition) is 5. The summed E-state index contributed by atoms with van der Waals surface area (Å²) in [7, 11) is -3.58. The van der Waals surface area contributed by atoms with Crippen molar-refractivity contribution in [2.24, 2.45) is 5.14 Å². The highest BCUT2D eigenvalue weighted by Crippen LogP contribution is 2.09. The highest BCUT2D eigenvalue weighted by atomic mass is 35.6. The van der Waals surface area contributed by atoms with Crippen molar-refractivity contribution in [1.29, 1.82) is 0 Å². The quantitative estimate of drug-likeness (QED) is 0.0854. The van der Waals surface area contributed by atoms with Gasteiger partial charge in [-0.1, -0.05) is 179 Å². The number of carbonyl (C=O) groups excluding carboxylic acids is 1. The summed E-state index contributed by atoms with van der Waals surface area (Å²) in [4.78, 5) is 8.08. The van der Waals surface area contributed by atoms with Crippen LogP contribution in [0, 0.1) is 20.8 Å². The molecule has 13 heteroatoms. The fourth-order valence-electron chi connectivity index (χ4n) is 3.08. The highest BCUT2D eigenvalue weighted by Gasteiger charge is 2.05. The van der Waals surface area contributed by atoms with Gasteiger partial charge in [-0.15, -0.1) is 0 Å². The van der Waals surface area contributed by atoms with E-state index in [0.29, 0.717) is 11.4 Å². The Morgan fingerprint density at radius 1 is 0.554 bits per heavy atom. The number of nitrogen functional groups attached to an aromatic ring is 1. The number of phenols is 1. The van der Waals surface area contributed by atoms with Crippen molar-refractivity contribution in [3.63, 3.8) is 0 Å². The molecule has 0 bridgehead atoms. The Kier molecular flexibility index (Phi) is 38.8. The van der Waals surface area contributed by atoms with Gasteiger partial charge in [0, 0.05) is 10.7 Å². The molecule has 6 aromatic carbocycles. The van der Waals surface area contributed by atoms with Crippen LogP contribution in [0.3, 0.4) is 0 Å². The van der Waals surface area contributed by atoms with Crippen molar-refractivity contribution in [2.75, 3.05) is 18.9 Å². The largest absolute Gasteiger partial charge is 0.508 e. The number of benzene rings is 6. The third-order valence-electron chi connectivity index (χ3n) is 5.83. The number of nitrogens with two attached hydrogens (primary N) is 2. The van der Waals surface area contributed by atoms with Gasteiger partial charge >= 0.3 is 0 Å². The summed E-state index contributed by atoms with van der Waals surface area (Å²) in [6, 6.07) is 54.5. The molecule has 0 aromatic heterocycles. The fourth-order valence-corrected chi connectivity index (χ4v) is 3.74. The van der Waals surface area contributed by atoms with Crippen LogP contribution < -0.4 is 10.9 Å². The van der Waals surface area contributed by atoms with E-state index in [1.165, 1.54) is 41.0 Å². The molecular formula is C43H52Cl4N2O6S. The summed E-state index contributed by atoms with van der Waals surface area (Å²) in [5.74, 6) is 0.322. The second-order valence-corrected chi connectivity index (χ2v) is 14.3. The Bertz CT molecular complexity index is 1670. The van der Waals surface area contributed by atoms with Crippen molar-refractivity contribution in [2.45, 2.75) is 30.0 Å². The predicted molar refractivity (Wildman–Crippen MR) is 238 cm³/mol. The molecule has 8 nitrogen and oxygen atoms in total. The van der Waals surface area contributed by atoms with E-state index in [-0.39, 0.29) is 18.1 Å². The van der Waals surface area contributed by atoms with Gasteiger partial charge in [0.1, 0.15) is 12.5 Å². The van der Waals surface area contributed by atoms with Crippen molar-refractivity contribution >= 4 is 68.9 Å². The average Bonchev–Trinajstić information content (AvgIpc) is 3.19. The van der Waals surface area contributed by atoms with Crippen LogP contribution in [0.5, 0.6) is 5.75 Å². The highest BCUT2D eigenvalue weighted by molar-refractivity contribution is 7.89. The molecule has 304 valence electrons. The number of phenolic OH excluding ortho intramolecular Hbond substituents is 1. The van der Waals surface area contributed by atoms with Gasteiger partial charge in [0.2, 0.25) is 10.0 Å². The van der Waals surface area contributed by atoms with E-state index < -0.39 is 14.3 Å². The third kappa shape index (κ3) is 40.8. The van der Waals surface area contributed by atoms with Gasteiger partial charge in [0.25, 0.3) is 0 Å². The molecule has 0 unspecified atom stereocenters. The number of aliphatic hydroxyl groups is 2. The molecule has 0 atom stereocenters. The lowest BCUT2D eigenvalue weighted by Gasteiger charge is -1.96. The molecule has 7 N–H and O–H groups in total. The van der Waals surface area contributed by atoms with Gasteiger partial charge in [0.05, 0.1) is 18.1 Å². The van der Waals surface area contributed by atoms with Crippen LogP contribution in [0.25, 0.3) is 0 Å². The topological polar surface area (TPSA) is 164 Å². The number of halogens is 4. The monoisotopic (exact) mass is 864 g/mol. The summed E-state index contributed by atoms with van der Waals surface area (Å²) < 4.78 is 20.6. The molecule has 0 amide bonds. The van der Waals surface area contributed by atoms with Crippen molar-refractivity contribution in [3.8, 4) is 5.75 Å². The molecule has 0 aliphatic heterocycles. The Morgan fingerprint density at radius 2 is 0.839 bits per heavy atom. The first kappa shape index (κ1) is 55.9. The van der Waals surface area contributed by atoms with Crippen LogP contribution in [0.15, 0.2) is 181 Å². The minimum atomic E-state index is -3.58. The molecule has 0 fully saturated rings. The van der Waals surface area contributed by atoms with Crippen LogP contribution in [0.2, 0.25) is 5.02 Å². The Labute approximate surface area is 353 Å². The molecule has 0 spiro atoms. The fraction of sp³-hybridized carbons (Fsp3) is 0.140. The maximum atomic E-state index is 10.7. The lowest BCUT2D eigenvalue weighted by atomic mass is 10.1. The number of para-hydroxylation sites is 1. The first-order chi connectivity index (χ1) is 26.6. The average molecular weight is 867 g/mol. The molecule has 0 aliphatic rings. The smallest absolute Gasteiger partial charge is 0.238 e. The number of rotatable bonds is 2. The molecule has 0 radical (unpaired) electrons. The van der Waals surface area contributed by atoms with E-state index in [9.17, 15) is 8.42 Å². The Hall–Kier alpha value is -4.42. The van der Waals surface area contributed by atoms with E-state index >= 15 is 0 Å². The Balaban J connectivity index is -0.000000580. The maximum Gasteiger partial charge on any atom is 0.238 e. The molecular weight excluding hydrogens is 814 g/mol. The molecule has 0 saturated heterocycles. The molecule has 0 saturated carbocycles. The van der Waals surface area contributed by atoms with Gasteiger partial charge < -0.3 is 25.8 Å². The van der Waals surface area contributed by atoms with Gasteiger partial charge in [-0.25, -0.2) is 13.6 Å². The summed E-state index contributed by atoms with van der Waals surface area (Å²) >= 11 is 20.0. The first-order valence-corrected chi connectivity index (χ1v) is 19.7. The zero-order chi connectivity index (χ0) is 43.0. The minimum Gasteiger partial charge on any atom is -0.508 e. The van der Waals surface area contributed by atoms with Crippen molar-refractivity contribution in [1.82, 2.24) is 0 Å². The van der Waals surface area contributed by atoms with Gasteiger partial charge in [-0.05, 0) is 80.4 Å². The number of alkyl halides is 3. The molecule has 56 heavy (non-hydrogen) atoms. The number of anilines is 1. The molecule has 0 heterocycles. The summed E-state index contributed by atoms with van der Waals surface area (Å²) in [5, 5.41) is 29.5. The van der Waals surface area contributed by atoms with E-state index in [4.69, 9.17) is 77.4 Å². The SMILES string of the molecule is C=O.Cc1ccccc1.Cc1ccccc1C.ClC(Cl)Cl.Clc1ccccc1.Nc1ccc(S(N)(=O)=O)cc1.OCCO.Oc1ccccc1.c1ccccc1. The Morgan fingerprint density at radius 3 is 1.04 bits per heavy atom. The summed E-state index contributed by atoms with van der Waals surface area (Å²) in [5.41, 5.74) is 9.90. The van der Waals surface area contributed by atoms with Crippen LogP contribution in [-0.4, -0.2) is 48.0 Å². The van der Waals surface area contributed by atoms with Crippen molar-refractivity contribution < 1.29 is 28.5 Å². The second kappa shape index (κ2) is 38.8. The van der Waals surface area contributed by atoms with E-state index in [0.717, 1.165) is 5.02 Å². The molecule has 6 rings (SSSR count). The maximum absolute atomic E-state index is 10.7. The number of hydrogen-bond acceptors (Lipinski definition) is 7. The van der Waals surface area contributed by atoms with Gasteiger partial charge in [-0.3, -0.25) is 0 Å². The van der Waals surface area contributed by atoms with Crippen LogP contribution in [0.1, 0.15) is 16.7 Å². The minimum absolute atomic E-state index is 0.0756. The van der Waals surface area contributed by atoms with Crippen LogP contribution in [-0.2, 0) is 14.8 Å². The van der Waals surface area contributed by atoms with E-state index in [1.807, 2.05) is 97.8 Å². The van der Waals surface area contributed by atoms with Crippen LogP contribution >= 0.6 is 46.4 Å². The first-order valence-electron chi connectivity index (χ1n) is 16.4. The number of primary sulfonamides is 1. The van der Waals surface area contributed by atoms with Gasteiger partial charge in [-0.2, -0.15) is 0 Å². The van der Waals surface area contributed by atoms with E-state index in [2.05, 4.69) is 57.2 Å². The normalized spacial score (nSPS) is 8.91. The molecule has 6 aromatic rings. The summed E-state index contributed by atoms with van der Waals surface area (Å²) in [6.07, 6.45) is 0. The summed E-state index contributed by atoms with van der Waals surface area (Å²) in [6.45, 7) is 8.07. The van der Waals surface area contributed by atoms with E-state index in [1.54, 1.807) is 24.3 Å². The van der Waals surface area contributed by atoms with Gasteiger partial charge in [0.15, 0.2) is 4.30 Å². The number of aromatic hydroxyl groups is 1. The predicted octanol–water partition coefficient (Wildman–Crippen LogP) is 10.4. The van der Waals surface area contributed by atoms with Crippen molar-refractivity contribution in [3.05, 3.63) is 198 Å². The standard InChI is InChI=1S/C8H10.C7H8.C6H5Cl.C6H8N2O2S.C6H6O.C6H6.C2H6O2.CHCl3.CH2O/c1-7-5-3-4-6-8(7)2;1-7-5-3-2-4-6-7;7-6-4-2-1-3-5-6;7-5-1-3-6(4-2-5)11(8,9)10;7-6-4-2-1-3-5-6;1-2-4-6-5-3-1;3-1-2-4;2-1(3)4;1-2/h3-6H,1-2H3;2-6H,1H3;1-5H;1-4H,7H2,(H2,8,9,10);1-5,7H;1-6H;3-4H,1-2H2;1H;1H2. The zero-order valence-electron chi connectivity index (χ0n) is 31.6. The third-order valence-corrected chi connectivity index (χ3v) is 7.01. The number of aryl methyl sites for hydroxylation is 3. The zero-order valence-corrected chi connectivity index (χ0v) is 35.4. The molecule has 0 aliphatic carbocycles.